The molecule has 1 saturated carbocycles. The van der Waals surface area contributed by atoms with Gasteiger partial charge in [-0.15, -0.1) is 5.10 Å². The van der Waals surface area contributed by atoms with Crippen LogP contribution in [0.25, 0.3) is 0 Å². The zero-order valence-corrected chi connectivity index (χ0v) is 10.6. The number of aromatic nitrogens is 2. The molecule has 0 spiro atoms. The highest BCUT2D eigenvalue weighted by Crippen LogP contribution is 2.33. The molecule has 1 aromatic rings. The molecule has 4 heteroatoms. The van der Waals surface area contributed by atoms with E-state index in [9.17, 15) is 0 Å². The first kappa shape index (κ1) is 12.3. The Balaban J connectivity index is 2.10. The third-order valence-corrected chi connectivity index (χ3v) is 3.62. The molecule has 1 fully saturated rings. The van der Waals surface area contributed by atoms with Crippen LogP contribution in [0.2, 0.25) is 0 Å². The molecule has 1 aromatic heterocycles. The molecule has 0 aromatic carbocycles. The molecule has 0 aliphatic heterocycles. The maximum atomic E-state index is 5.03. The van der Waals surface area contributed by atoms with Gasteiger partial charge >= 0.3 is 0 Å². The summed E-state index contributed by atoms with van der Waals surface area (Å²) in [7, 11) is 3.62. The van der Waals surface area contributed by atoms with Crippen molar-refractivity contribution in [3.63, 3.8) is 0 Å². The van der Waals surface area contributed by atoms with E-state index in [1.54, 1.807) is 7.11 Å². The molecule has 94 valence electrons. The number of hydrogen-bond donors (Lipinski definition) is 1. The Kier molecular flexibility index (Phi) is 4.31. The lowest BCUT2D eigenvalue weighted by Gasteiger charge is -2.29. The molecular weight excluding hydrogens is 214 g/mol. The average Bonchev–Trinajstić information content (AvgIpc) is 2.42. The lowest BCUT2D eigenvalue weighted by Crippen LogP contribution is -2.28. The van der Waals surface area contributed by atoms with Gasteiger partial charge < -0.3 is 10.1 Å². The third-order valence-electron chi connectivity index (χ3n) is 3.62. The van der Waals surface area contributed by atoms with Gasteiger partial charge in [-0.05, 0) is 31.9 Å². The van der Waals surface area contributed by atoms with Crippen LogP contribution in [0.15, 0.2) is 12.1 Å². The predicted molar refractivity (Wildman–Crippen MR) is 67.0 cm³/mol. The minimum absolute atomic E-state index is 0.328. The highest BCUT2D eigenvalue weighted by Gasteiger charge is 2.24. The molecule has 1 N–H and O–H groups in total. The summed E-state index contributed by atoms with van der Waals surface area (Å²) in [4.78, 5) is 0. The van der Waals surface area contributed by atoms with Gasteiger partial charge in [-0.3, -0.25) is 0 Å². The Hall–Kier alpha value is -1.16. The third kappa shape index (κ3) is 2.94. The fourth-order valence-electron chi connectivity index (χ4n) is 2.70. The standard InChI is InChI=1S/C13H21N3O/c1-14-13(10-6-4-3-5-7-10)11-8-9-12(17-2)16-15-11/h8-10,13-14H,3-7H2,1-2H3. The summed E-state index contributed by atoms with van der Waals surface area (Å²) in [6, 6.07) is 4.23. The van der Waals surface area contributed by atoms with E-state index in [0.29, 0.717) is 17.8 Å². The molecule has 17 heavy (non-hydrogen) atoms. The molecule has 1 aliphatic rings. The Morgan fingerprint density at radius 2 is 2.00 bits per heavy atom. The van der Waals surface area contributed by atoms with Crippen molar-refractivity contribution >= 4 is 0 Å². The molecule has 1 atom stereocenters. The van der Waals surface area contributed by atoms with Gasteiger partial charge in [-0.1, -0.05) is 19.3 Å². The Morgan fingerprint density at radius 3 is 2.53 bits per heavy atom. The smallest absolute Gasteiger partial charge is 0.233 e. The summed E-state index contributed by atoms with van der Waals surface area (Å²) >= 11 is 0. The molecule has 1 heterocycles. The van der Waals surface area contributed by atoms with Crippen molar-refractivity contribution in [2.45, 2.75) is 38.1 Å². The SMILES string of the molecule is CNC(c1ccc(OC)nn1)C1CCCCC1. The highest BCUT2D eigenvalue weighted by molar-refractivity contribution is 5.14. The van der Waals surface area contributed by atoms with Crippen molar-refractivity contribution in [3.8, 4) is 5.88 Å². The summed E-state index contributed by atoms with van der Waals surface area (Å²) in [5.74, 6) is 1.27. The topological polar surface area (TPSA) is 47.0 Å². The van der Waals surface area contributed by atoms with Gasteiger partial charge in [0.2, 0.25) is 5.88 Å². The molecule has 0 bridgehead atoms. The van der Waals surface area contributed by atoms with E-state index in [2.05, 4.69) is 15.5 Å². The van der Waals surface area contributed by atoms with Crippen molar-refractivity contribution in [1.29, 1.82) is 0 Å². The van der Waals surface area contributed by atoms with Crippen LogP contribution in [0.4, 0.5) is 0 Å². The number of hydrogen-bond acceptors (Lipinski definition) is 4. The van der Waals surface area contributed by atoms with Crippen LogP contribution < -0.4 is 10.1 Å². The minimum atomic E-state index is 0.328. The summed E-state index contributed by atoms with van der Waals surface area (Å²) in [6.07, 6.45) is 6.64. The number of nitrogens with zero attached hydrogens (tertiary/aromatic N) is 2. The van der Waals surface area contributed by atoms with E-state index in [-0.39, 0.29) is 0 Å². The van der Waals surface area contributed by atoms with Gasteiger partial charge in [0.05, 0.1) is 18.8 Å². The van der Waals surface area contributed by atoms with Gasteiger partial charge in [-0.25, -0.2) is 0 Å². The largest absolute Gasteiger partial charge is 0.480 e. The van der Waals surface area contributed by atoms with Crippen LogP contribution in [0.3, 0.4) is 0 Å². The van der Waals surface area contributed by atoms with Gasteiger partial charge in [0.15, 0.2) is 0 Å². The molecule has 1 unspecified atom stereocenters. The molecule has 2 rings (SSSR count). The molecular formula is C13H21N3O. The van der Waals surface area contributed by atoms with Crippen LogP contribution in [0.5, 0.6) is 5.88 Å². The Bertz CT molecular complexity index is 333. The van der Waals surface area contributed by atoms with Crippen LogP contribution in [-0.2, 0) is 0 Å². The van der Waals surface area contributed by atoms with Gasteiger partial charge in [-0.2, -0.15) is 5.10 Å². The second kappa shape index (κ2) is 5.96. The molecule has 0 saturated heterocycles. The first-order valence-corrected chi connectivity index (χ1v) is 6.40. The summed E-state index contributed by atoms with van der Waals surface area (Å²) in [5.41, 5.74) is 1.03. The highest BCUT2D eigenvalue weighted by atomic mass is 16.5. The Morgan fingerprint density at radius 1 is 1.24 bits per heavy atom. The predicted octanol–water partition coefficient (Wildman–Crippen LogP) is 2.33. The zero-order chi connectivity index (χ0) is 12.1. The first-order valence-electron chi connectivity index (χ1n) is 6.40. The second-order valence-electron chi connectivity index (χ2n) is 4.66. The second-order valence-corrected chi connectivity index (χ2v) is 4.66. The normalized spacial score (nSPS) is 18.9. The number of rotatable bonds is 4. The van der Waals surface area contributed by atoms with Crippen molar-refractivity contribution in [1.82, 2.24) is 15.5 Å². The van der Waals surface area contributed by atoms with E-state index < -0.39 is 0 Å². The van der Waals surface area contributed by atoms with Crippen LogP contribution >= 0.6 is 0 Å². The van der Waals surface area contributed by atoms with Crippen molar-refractivity contribution in [2.24, 2.45) is 5.92 Å². The number of ether oxygens (including phenoxy) is 1. The van der Waals surface area contributed by atoms with Gasteiger partial charge in [0.25, 0.3) is 0 Å². The fourth-order valence-corrected chi connectivity index (χ4v) is 2.70. The monoisotopic (exact) mass is 235 g/mol. The van der Waals surface area contributed by atoms with E-state index in [1.165, 1.54) is 32.1 Å². The number of methoxy groups -OCH3 is 1. The maximum absolute atomic E-state index is 5.03. The lowest BCUT2D eigenvalue weighted by molar-refractivity contribution is 0.276. The molecule has 4 nitrogen and oxygen atoms in total. The van der Waals surface area contributed by atoms with E-state index in [4.69, 9.17) is 4.74 Å². The molecule has 0 radical (unpaired) electrons. The minimum Gasteiger partial charge on any atom is -0.480 e. The van der Waals surface area contributed by atoms with Gasteiger partial charge in [0.1, 0.15) is 0 Å². The van der Waals surface area contributed by atoms with Gasteiger partial charge in [0, 0.05) is 6.07 Å². The van der Waals surface area contributed by atoms with Crippen molar-refractivity contribution in [3.05, 3.63) is 17.8 Å². The number of nitrogens with one attached hydrogen (secondary N) is 1. The van der Waals surface area contributed by atoms with Crippen molar-refractivity contribution < 1.29 is 4.74 Å². The summed E-state index contributed by atoms with van der Waals surface area (Å²) in [6.45, 7) is 0. The lowest BCUT2D eigenvalue weighted by atomic mass is 9.82. The molecule has 1 aliphatic carbocycles. The molecule has 0 amide bonds. The fraction of sp³-hybridized carbons (Fsp3) is 0.692. The quantitative estimate of drug-likeness (QED) is 0.870. The maximum Gasteiger partial charge on any atom is 0.233 e. The summed E-state index contributed by atoms with van der Waals surface area (Å²) < 4.78 is 5.03. The van der Waals surface area contributed by atoms with Crippen LogP contribution in [-0.4, -0.2) is 24.4 Å². The Labute approximate surface area is 103 Å². The van der Waals surface area contributed by atoms with Crippen LogP contribution in [0, 0.1) is 5.92 Å². The van der Waals surface area contributed by atoms with E-state index >= 15 is 0 Å². The summed E-state index contributed by atoms with van der Waals surface area (Å²) in [5, 5.41) is 11.7. The van der Waals surface area contributed by atoms with Crippen molar-refractivity contribution in [2.75, 3.05) is 14.2 Å². The van der Waals surface area contributed by atoms with E-state index in [1.807, 2.05) is 19.2 Å². The van der Waals surface area contributed by atoms with E-state index in [0.717, 1.165) is 5.69 Å². The average molecular weight is 235 g/mol. The van der Waals surface area contributed by atoms with Crippen LogP contribution in [0.1, 0.15) is 43.8 Å². The zero-order valence-electron chi connectivity index (χ0n) is 10.6. The first-order chi connectivity index (χ1) is 8.35.